The van der Waals surface area contributed by atoms with Crippen LogP contribution in [0, 0.1) is 0 Å². The van der Waals surface area contributed by atoms with Crippen molar-refractivity contribution in [1.82, 2.24) is 0 Å². The molecule has 0 saturated carbocycles. The van der Waals surface area contributed by atoms with E-state index in [1.807, 2.05) is 0 Å². The zero-order valence-corrected chi connectivity index (χ0v) is 20.6. The molecule has 8 nitrogen and oxygen atoms in total. The maximum atomic E-state index is 13.5. The van der Waals surface area contributed by atoms with Gasteiger partial charge in [0.15, 0.2) is 0 Å². The van der Waals surface area contributed by atoms with Crippen molar-refractivity contribution in [3.05, 3.63) is 72.3 Å². The molecule has 0 aromatic heterocycles. The van der Waals surface area contributed by atoms with E-state index < -0.39 is 10.0 Å². The number of rotatable bonds is 8. The summed E-state index contributed by atoms with van der Waals surface area (Å²) in [6.45, 7) is 1.56. The summed E-state index contributed by atoms with van der Waals surface area (Å²) in [7, 11) is -0.868. The molecule has 4 rings (SSSR count). The number of ether oxygens (including phenoxy) is 2. The van der Waals surface area contributed by atoms with E-state index in [4.69, 9.17) is 9.47 Å². The average Bonchev–Trinajstić information content (AvgIpc) is 2.89. The van der Waals surface area contributed by atoms with E-state index in [2.05, 4.69) is 14.9 Å². The second-order valence-electron chi connectivity index (χ2n) is 8.25. The quantitative estimate of drug-likeness (QED) is 0.468. The molecule has 1 heterocycles. The molecule has 1 aliphatic heterocycles. The van der Waals surface area contributed by atoms with E-state index in [1.165, 1.54) is 13.2 Å². The molecule has 1 fully saturated rings. The third-order valence-corrected chi connectivity index (χ3v) is 7.29. The van der Waals surface area contributed by atoms with Crippen molar-refractivity contribution in [3.63, 3.8) is 0 Å². The molecule has 9 heteroatoms. The number of methoxy groups -OCH3 is 2. The number of nitrogens with zero attached hydrogens (tertiary/aromatic N) is 1. The molecule has 0 aliphatic carbocycles. The molecule has 1 aliphatic rings. The van der Waals surface area contributed by atoms with Gasteiger partial charge in [-0.15, -0.1) is 0 Å². The van der Waals surface area contributed by atoms with Crippen LogP contribution in [0.4, 0.5) is 17.1 Å². The maximum Gasteiger partial charge on any atom is 0.264 e. The number of hydrogen-bond acceptors (Lipinski definition) is 6. The number of carbonyl (C=O) groups excluding carboxylic acids is 1. The number of hydrogen-bond donors (Lipinski definition) is 2. The minimum absolute atomic E-state index is 0.110. The summed E-state index contributed by atoms with van der Waals surface area (Å²) in [4.78, 5) is 15.0. The van der Waals surface area contributed by atoms with Gasteiger partial charge in [0.2, 0.25) is 0 Å². The first kappa shape index (κ1) is 24.4. The highest BCUT2D eigenvalue weighted by molar-refractivity contribution is 7.92. The fourth-order valence-corrected chi connectivity index (χ4v) is 5.35. The van der Waals surface area contributed by atoms with Crippen molar-refractivity contribution in [2.45, 2.75) is 24.2 Å². The van der Waals surface area contributed by atoms with Gasteiger partial charge in [0.1, 0.15) is 16.4 Å². The first-order valence-corrected chi connectivity index (χ1v) is 12.9. The van der Waals surface area contributed by atoms with Gasteiger partial charge in [0.25, 0.3) is 15.9 Å². The minimum atomic E-state index is -3.95. The molecule has 2 N–H and O–H groups in total. The lowest BCUT2D eigenvalue weighted by Gasteiger charge is -2.30. The monoisotopic (exact) mass is 495 g/mol. The molecular weight excluding hydrogens is 466 g/mol. The van der Waals surface area contributed by atoms with Gasteiger partial charge in [-0.3, -0.25) is 9.52 Å². The zero-order valence-electron chi connectivity index (χ0n) is 19.8. The number of anilines is 3. The van der Waals surface area contributed by atoms with E-state index in [0.29, 0.717) is 34.1 Å². The Labute approximate surface area is 205 Å². The molecule has 0 spiro atoms. The summed E-state index contributed by atoms with van der Waals surface area (Å²) in [6.07, 6.45) is 3.12. The van der Waals surface area contributed by atoms with Crippen molar-refractivity contribution in [1.29, 1.82) is 0 Å². The van der Waals surface area contributed by atoms with Crippen LogP contribution in [0.1, 0.15) is 29.6 Å². The Balaban J connectivity index is 1.66. The Hall–Kier alpha value is -3.72. The second-order valence-corrected chi connectivity index (χ2v) is 9.90. The lowest BCUT2D eigenvalue weighted by molar-refractivity contribution is 0.102. The Morgan fingerprint density at radius 3 is 2.20 bits per heavy atom. The van der Waals surface area contributed by atoms with Gasteiger partial charge in [-0.05, 0) is 79.9 Å². The SMILES string of the molecule is COc1ccc(NS(=O)(=O)c2cc(NC(=O)c3cccc(OC)c3)ccc2N2CCCCC2)cc1. The Kier molecular flexibility index (Phi) is 7.45. The van der Waals surface area contributed by atoms with Crippen molar-refractivity contribution in [2.75, 3.05) is 42.2 Å². The molecule has 0 radical (unpaired) electrons. The molecule has 0 atom stereocenters. The van der Waals surface area contributed by atoms with Crippen LogP contribution in [0.5, 0.6) is 11.5 Å². The van der Waals surface area contributed by atoms with Crippen LogP contribution in [0.15, 0.2) is 71.6 Å². The van der Waals surface area contributed by atoms with Crippen LogP contribution in [0.3, 0.4) is 0 Å². The zero-order chi connectivity index (χ0) is 24.8. The van der Waals surface area contributed by atoms with Gasteiger partial charge in [-0.2, -0.15) is 0 Å². The van der Waals surface area contributed by atoms with Crippen LogP contribution in [-0.4, -0.2) is 41.6 Å². The number of carbonyl (C=O) groups is 1. The summed E-state index contributed by atoms with van der Waals surface area (Å²) in [5, 5.41) is 2.81. The third kappa shape index (κ3) is 5.86. The Bertz CT molecular complexity index is 1290. The lowest BCUT2D eigenvalue weighted by Crippen LogP contribution is -2.31. The molecule has 1 amide bonds. The Morgan fingerprint density at radius 2 is 1.51 bits per heavy atom. The summed E-state index contributed by atoms with van der Waals surface area (Å²) in [5.74, 6) is 0.829. The molecule has 0 unspecified atom stereocenters. The average molecular weight is 496 g/mol. The van der Waals surface area contributed by atoms with Crippen LogP contribution in [0.25, 0.3) is 0 Å². The van der Waals surface area contributed by atoms with Crippen LogP contribution >= 0.6 is 0 Å². The highest BCUT2D eigenvalue weighted by Gasteiger charge is 2.24. The third-order valence-electron chi connectivity index (χ3n) is 5.88. The predicted octanol–water partition coefficient (Wildman–Crippen LogP) is 4.75. The Morgan fingerprint density at radius 1 is 0.829 bits per heavy atom. The summed E-state index contributed by atoms with van der Waals surface area (Å²) >= 11 is 0. The number of nitrogens with one attached hydrogen (secondary N) is 2. The van der Waals surface area contributed by atoms with Gasteiger partial charge in [0, 0.05) is 30.0 Å². The predicted molar refractivity (Wildman–Crippen MR) is 137 cm³/mol. The fourth-order valence-electron chi connectivity index (χ4n) is 4.04. The smallest absolute Gasteiger partial charge is 0.264 e. The fraction of sp³-hybridized carbons (Fsp3) is 0.269. The van der Waals surface area contributed by atoms with Crippen molar-refractivity contribution < 1.29 is 22.7 Å². The molecule has 1 saturated heterocycles. The standard InChI is InChI=1S/C26H29N3O5S/c1-33-22-12-9-20(10-13-22)28-35(31,32)25-18-21(11-14-24(25)29-15-4-3-5-16-29)27-26(30)19-7-6-8-23(17-19)34-2/h6-14,17-18,28H,3-5,15-16H2,1-2H3,(H,27,30). The minimum Gasteiger partial charge on any atom is -0.497 e. The van der Waals surface area contributed by atoms with Crippen LogP contribution in [-0.2, 0) is 10.0 Å². The van der Waals surface area contributed by atoms with E-state index in [-0.39, 0.29) is 10.8 Å². The maximum absolute atomic E-state index is 13.5. The highest BCUT2D eigenvalue weighted by atomic mass is 32.2. The molecule has 3 aromatic rings. The largest absolute Gasteiger partial charge is 0.497 e. The van der Waals surface area contributed by atoms with E-state index in [0.717, 1.165) is 32.4 Å². The van der Waals surface area contributed by atoms with Gasteiger partial charge in [0.05, 0.1) is 19.9 Å². The van der Waals surface area contributed by atoms with E-state index >= 15 is 0 Å². The summed E-state index contributed by atoms with van der Waals surface area (Å²) < 4.78 is 40.0. The number of amides is 1. The van der Waals surface area contributed by atoms with Gasteiger partial charge in [-0.1, -0.05) is 6.07 Å². The van der Waals surface area contributed by atoms with Crippen molar-refractivity contribution in [2.24, 2.45) is 0 Å². The van der Waals surface area contributed by atoms with Crippen molar-refractivity contribution in [3.8, 4) is 11.5 Å². The van der Waals surface area contributed by atoms with Gasteiger partial charge in [-0.25, -0.2) is 8.42 Å². The van der Waals surface area contributed by atoms with Crippen LogP contribution in [0.2, 0.25) is 0 Å². The first-order chi connectivity index (χ1) is 16.9. The number of sulfonamides is 1. The summed E-state index contributed by atoms with van der Waals surface area (Å²) in [5.41, 5.74) is 1.82. The van der Waals surface area contributed by atoms with Crippen molar-refractivity contribution >= 4 is 33.0 Å². The molecule has 184 valence electrons. The topological polar surface area (TPSA) is 97.0 Å². The number of benzene rings is 3. The highest BCUT2D eigenvalue weighted by Crippen LogP contribution is 2.32. The second kappa shape index (κ2) is 10.7. The molecular formula is C26H29N3O5S. The number of piperidine rings is 1. The van der Waals surface area contributed by atoms with Gasteiger partial charge >= 0.3 is 0 Å². The van der Waals surface area contributed by atoms with Gasteiger partial charge < -0.3 is 19.7 Å². The molecule has 0 bridgehead atoms. The molecule has 3 aromatic carbocycles. The van der Waals surface area contributed by atoms with E-state index in [1.54, 1.807) is 67.8 Å². The van der Waals surface area contributed by atoms with E-state index in [9.17, 15) is 13.2 Å². The van der Waals surface area contributed by atoms with Crippen LogP contribution < -0.4 is 24.4 Å². The molecule has 35 heavy (non-hydrogen) atoms. The normalized spacial score (nSPS) is 13.7. The summed E-state index contributed by atoms with van der Waals surface area (Å²) in [6, 6.07) is 18.4. The first-order valence-electron chi connectivity index (χ1n) is 11.4. The lowest BCUT2D eigenvalue weighted by atomic mass is 10.1.